The molecule has 3 aromatic rings. The maximum Gasteiger partial charge on any atom is 0.137 e. The number of hydrogen-bond acceptors (Lipinski definition) is 3. The third kappa shape index (κ3) is 5.53. The molecule has 1 aliphatic heterocycles. The summed E-state index contributed by atoms with van der Waals surface area (Å²) in [6.45, 7) is 6.01. The van der Waals surface area contributed by atoms with Crippen LogP contribution in [0, 0.1) is 0 Å². The first-order valence-corrected chi connectivity index (χ1v) is 10.6. The van der Waals surface area contributed by atoms with Gasteiger partial charge in [-0.25, -0.2) is 0 Å². The first-order chi connectivity index (χ1) is 14.3. The highest BCUT2D eigenvalue weighted by Gasteiger charge is 2.17. The van der Waals surface area contributed by atoms with Gasteiger partial charge in [-0.2, -0.15) is 0 Å². The number of piperazine rings is 1. The zero-order valence-corrected chi connectivity index (χ0v) is 17.4. The highest BCUT2D eigenvalue weighted by molar-refractivity contribution is 6.32. The summed E-state index contributed by atoms with van der Waals surface area (Å²) in [5, 5.41) is 0.662. The van der Waals surface area contributed by atoms with Crippen molar-refractivity contribution in [1.82, 2.24) is 4.90 Å². The molecule has 0 bridgehead atoms. The zero-order valence-electron chi connectivity index (χ0n) is 16.6. The summed E-state index contributed by atoms with van der Waals surface area (Å²) in [5.41, 5.74) is 3.99. The monoisotopic (exact) mass is 406 g/mol. The minimum Gasteiger partial charge on any atom is -0.492 e. The standard InChI is InChI=1S/C25H27ClN2O/c26-24-8-4-5-9-25(24)29-19-14-21-10-12-22(13-11-21)20-27-15-17-28(18-16-27)23-6-2-1-3-7-23/h1-13H,14-20H2. The van der Waals surface area contributed by atoms with E-state index in [9.17, 15) is 0 Å². The molecule has 0 amide bonds. The highest BCUT2D eigenvalue weighted by atomic mass is 35.5. The average Bonchev–Trinajstić information content (AvgIpc) is 2.77. The largest absolute Gasteiger partial charge is 0.492 e. The normalized spacial score (nSPS) is 14.7. The van der Waals surface area contributed by atoms with E-state index in [0.29, 0.717) is 11.6 Å². The third-order valence-corrected chi connectivity index (χ3v) is 5.72. The molecule has 0 unspecified atom stereocenters. The molecule has 0 radical (unpaired) electrons. The highest BCUT2D eigenvalue weighted by Crippen LogP contribution is 2.23. The van der Waals surface area contributed by atoms with E-state index in [1.54, 1.807) is 0 Å². The van der Waals surface area contributed by atoms with Gasteiger partial charge < -0.3 is 9.64 Å². The molecule has 1 aliphatic rings. The molecule has 1 heterocycles. The number of anilines is 1. The Morgan fingerprint density at radius 2 is 1.38 bits per heavy atom. The lowest BCUT2D eigenvalue weighted by Gasteiger charge is -2.36. The van der Waals surface area contributed by atoms with Crippen molar-refractivity contribution in [3.63, 3.8) is 0 Å². The maximum absolute atomic E-state index is 6.13. The van der Waals surface area contributed by atoms with Crippen LogP contribution in [0.25, 0.3) is 0 Å². The number of ether oxygens (including phenoxy) is 1. The van der Waals surface area contributed by atoms with Gasteiger partial charge in [0.05, 0.1) is 11.6 Å². The minimum absolute atomic E-state index is 0.629. The Morgan fingerprint density at radius 3 is 2.10 bits per heavy atom. The third-order valence-electron chi connectivity index (χ3n) is 5.41. The molecule has 29 heavy (non-hydrogen) atoms. The molecule has 1 fully saturated rings. The fourth-order valence-corrected chi connectivity index (χ4v) is 3.90. The van der Waals surface area contributed by atoms with E-state index in [4.69, 9.17) is 16.3 Å². The first kappa shape index (κ1) is 19.8. The molecule has 4 rings (SSSR count). The number of rotatable bonds is 7. The van der Waals surface area contributed by atoms with Gasteiger partial charge in [-0.1, -0.05) is 66.2 Å². The lowest BCUT2D eigenvalue weighted by molar-refractivity contribution is 0.250. The molecule has 0 aliphatic carbocycles. The summed E-state index contributed by atoms with van der Waals surface area (Å²) in [5.74, 6) is 0.750. The predicted molar refractivity (Wildman–Crippen MR) is 121 cm³/mol. The molecule has 4 heteroatoms. The molecule has 0 aromatic heterocycles. The summed E-state index contributed by atoms with van der Waals surface area (Å²) in [4.78, 5) is 5.01. The lowest BCUT2D eigenvalue weighted by Crippen LogP contribution is -2.45. The van der Waals surface area contributed by atoms with E-state index < -0.39 is 0 Å². The van der Waals surface area contributed by atoms with Gasteiger partial charge in [0.15, 0.2) is 0 Å². The van der Waals surface area contributed by atoms with Gasteiger partial charge >= 0.3 is 0 Å². The van der Waals surface area contributed by atoms with Gasteiger partial charge in [-0.05, 0) is 35.4 Å². The second kappa shape index (κ2) is 9.82. The van der Waals surface area contributed by atoms with Crippen molar-refractivity contribution < 1.29 is 4.74 Å². The van der Waals surface area contributed by atoms with E-state index in [1.165, 1.54) is 16.8 Å². The van der Waals surface area contributed by atoms with Crippen molar-refractivity contribution >= 4 is 17.3 Å². The van der Waals surface area contributed by atoms with Crippen molar-refractivity contribution in [3.05, 3.63) is 95.0 Å². The van der Waals surface area contributed by atoms with Crippen LogP contribution >= 0.6 is 11.6 Å². The SMILES string of the molecule is Clc1ccccc1OCCc1ccc(CN2CCN(c3ccccc3)CC2)cc1. The van der Waals surface area contributed by atoms with Crippen LogP contribution in [-0.4, -0.2) is 37.7 Å². The smallest absolute Gasteiger partial charge is 0.137 e. The topological polar surface area (TPSA) is 15.7 Å². The second-order valence-corrected chi connectivity index (χ2v) is 7.85. The quantitative estimate of drug-likeness (QED) is 0.530. The predicted octanol–water partition coefficient (Wildman–Crippen LogP) is 5.28. The fraction of sp³-hybridized carbons (Fsp3) is 0.280. The van der Waals surface area contributed by atoms with Crippen molar-refractivity contribution in [3.8, 4) is 5.75 Å². The van der Waals surface area contributed by atoms with E-state index >= 15 is 0 Å². The Hall–Kier alpha value is -2.49. The number of para-hydroxylation sites is 2. The minimum atomic E-state index is 0.629. The first-order valence-electron chi connectivity index (χ1n) is 10.3. The maximum atomic E-state index is 6.13. The Kier molecular flexibility index (Phi) is 6.71. The molecule has 3 nitrogen and oxygen atoms in total. The Bertz CT molecular complexity index is 890. The van der Waals surface area contributed by atoms with Gasteiger partial charge in [0, 0.05) is 44.8 Å². The fourth-order valence-electron chi connectivity index (χ4n) is 3.71. The Balaban J connectivity index is 1.22. The molecule has 150 valence electrons. The number of nitrogens with zero attached hydrogens (tertiary/aromatic N) is 2. The van der Waals surface area contributed by atoms with E-state index in [1.807, 2.05) is 24.3 Å². The molecular weight excluding hydrogens is 380 g/mol. The van der Waals surface area contributed by atoms with Crippen molar-refractivity contribution in [2.24, 2.45) is 0 Å². The summed E-state index contributed by atoms with van der Waals surface area (Å²) < 4.78 is 5.79. The number of halogens is 1. The van der Waals surface area contributed by atoms with Crippen LogP contribution in [-0.2, 0) is 13.0 Å². The molecule has 0 N–H and O–H groups in total. The molecule has 0 spiro atoms. The lowest BCUT2D eigenvalue weighted by atomic mass is 10.1. The summed E-state index contributed by atoms with van der Waals surface area (Å²) in [7, 11) is 0. The van der Waals surface area contributed by atoms with Crippen molar-refractivity contribution in [2.45, 2.75) is 13.0 Å². The zero-order chi connectivity index (χ0) is 19.9. The summed E-state index contributed by atoms with van der Waals surface area (Å²) in [6.07, 6.45) is 0.876. The van der Waals surface area contributed by atoms with E-state index in [2.05, 4.69) is 64.4 Å². The van der Waals surface area contributed by atoms with Gasteiger partial charge in [-0.3, -0.25) is 4.90 Å². The molecule has 0 atom stereocenters. The van der Waals surface area contributed by atoms with Crippen molar-refractivity contribution in [2.75, 3.05) is 37.7 Å². The van der Waals surface area contributed by atoms with Crippen LogP contribution in [0.1, 0.15) is 11.1 Å². The summed E-state index contributed by atoms with van der Waals surface area (Å²) in [6, 6.07) is 27.2. The second-order valence-electron chi connectivity index (χ2n) is 7.44. The molecular formula is C25H27ClN2O. The van der Waals surface area contributed by atoms with Crippen LogP contribution in [0.4, 0.5) is 5.69 Å². The van der Waals surface area contributed by atoms with Crippen LogP contribution in [0.5, 0.6) is 5.75 Å². The van der Waals surface area contributed by atoms with Gasteiger partial charge in [0.1, 0.15) is 5.75 Å². The summed E-state index contributed by atoms with van der Waals surface area (Å²) >= 11 is 6.13. The molecule has 3 aromatic carbocycles. The average molecular weight is 407 g/mol. The van der Waals surface area contributed by atoms with Gasteiger partial charge in [0.2, 0.25) is 0 Å². The number of benzene rings is 3. The van der Waals surface area contributed by atoms with Crippen LogP contribution < -0.4 is 9.64 Å². The van der Waals surface area contributed by atoms with Crippen LogP contribution in [0.3, 0.4) is 0 Å². The van der Waals surface area contributed by atoms with Gasteiger partial charge in [-0.15, -0.1) is 0 Å². The van der Waals surface area contributed by atoms with Crippen LogP contribution in [0.15, 0.2) is 78.9 Å². The Labute approximate surface area is 178 Å². The molecule has 1 saturated heterocycles. The van der Waals surface area contributed by atoms with E-state index in [0.717, 1.165) is 44.9 Å². The number of hydrogen-bond donors (Lipinski definition) is 0. The Morgan fingerprint density at radius 1 is 0.724 bits per heavy atom. The van der Waals surface area contributed by atoms with E-state index in [-0.39, 0.29) is 0 Å². The van der Waals surface area contributed by atoms with Gasteiger partial charge in [0.25, 0.3) is 0 Å². The van der Waals surface area contributed by atoms with Crippen LogP contribution in [0.2, 0.25) is 5.02 Å². The van der Waals surface area contributed by atoms with Crippen molar-refractivity contribution in [1.29, 1.82) is 0 Å². The molecule has 0 saturated carbocycles.